The molecule has 2 rings (SSSR count). The number of halogens is 1. The summed E-state index contributed by atoms with van der Waals surface area (Å²) in [6, 6.07) is 3.35. The van der Waals surface area contributed by atoms with E-state index in [9.17, 15) is 4.39 Å². The van der Waals surface area contributed by atoms with Crippen LogP contribution in [-0.4, -0.2) is 13.7 Å². The third kappa shape index (κ3) is 1.38. The Morgan fingerprint density at radius 1 is 1.50 bits per heavy atom. The molecule has 1 aliphatic heterocycles. The smallest absolute Gasteiger partial charge is 0.131 e. The Kier molecular flexibility index (Phi) is 2.42. The van der Waals surface area contributed by atoms with Gasteiger partial charge in [0.05, 0.1) is 6.61 Å². The lowest BCUT2D eigenvalue weighted by atomic mass is 9.97. The fourth-order valence-electron chi connectivity index (χ4n) is 1.91. The van der Waals surface area contributed by atoms with Crippen LogP contribution >= 0.6 is 0 Å². The number of hydrogen-bond donors (Lipinski definition) is 1. The zero-order valence-corrected chi connectivity index (χ0v) is 8.43. The van der Waals surface area contributed by atoms with Gasteiger partial charge in [0.2, 0.25) is 0 Å². The van der Waals surface area contributed by atoms with Crippen LogP contribution in [-0.2, 0) is 0 Å². The fourth-order valence-corrected chi connectivity index (χ4v) is 1.91. The normalized spacial score (nSPS) is 20.1. The second kappa shape index (κ2) is 3.58. The van der Waals surface area contributed by atoms with Gasteiger partial charge in [0.25, 0.3) is 0 Å². The average Bonchev–Trinajstić information content (AvgIpc) is 2.23. The van der Waals surface area contributed by atoms with Crippen molar-refractivity contribution in [3.05, 3.63) is 29.1 Å². The van der Waals surface area contributed by atoms with E-state index in [1.54, 1.807) is 6.07 Å². The van der Waals surface area contributed by atoms with Gasteiger partial charge in [-0.3, -0.25) is 0 Å². The van der Waals surface area contributed by atoms with Gasteiger partial charge in [-0.25, -0.2) is 4.39 Å². The number of fused-ring (bicyclic) bond motifs is 1. The maximum Gasteiger partial charge on any atom is 0.131 e. The first kappa shape index (κ1) is 9.46. The van der Waals surface area contributed by atoms with E-state index in [0.717, 1.165) is 17.7 Å². The van der Waals surface area contributed by atoms with E-state index < -0.39 is 0 Å². The molecule has 2 nitrogen and oxygen atoms in total. The van der Waals surface area contributed by atoms with E-state index in [1.165, 1.54) is 6.07 Å². The highest BCUT2D eigenvalue weighted by molar-refractivity contribution is 5.44. The van der Waals surface area contributed by atoms with Crippen molar-refractivity contribution in [3.8, 4) is 5.75 Å². The highest BCUT2D eigenvalue weighted by Gasteiger charge is 2.24. The Hall–Kier alpha value is -1.09. The molecule has 0 amide bonds. The Morgan fingerprint density at radius 3 is 3.00 bits per heavy atom. The van der Waals surface area contributed by atoms with Crippen LogP contribution in [0.1, 0.15) is 23.6 Å². The van der Waals surface area contributed by atoms with Gasteiger partial charge in [-0.2, -0.15) is 0 Å². The van der Waals surface area contributed by atoms with Gasteiger partial charge in [0.15, 0.2) is 0 Å². The molecule has 0 radical (unpaired) electrons. The maximum atomic E-state index is 13.6. The van der Waals surface area contributed by atoms with Gasteiger partial charge in [0.1, 0.15) is 11.6 Å². The van der Waals surface area contributed by atoms with Gasteiger partial charge in [0, 0.05) is 18.0 Å². The van der Waals surface area contributed by atoms with Crippen LogP contribution in [0.5, 0.6) is 5.75 Å². The molecule has 3 heteroatoms. The summed E-state index contributed by atoms with van der Waals surface area (Å²) in [5.41, 5.74) is 1.68. The minimum atomic E-state index is -0.176. The summed E-state index contributed by atoms with van der Waals surface area (Å²) in [5, 5.41) is 3.11. The highest BCUT2D eigenvalue weighted by Crippen LogP contribution is 2.36. The molecule has 0 aromatic heterocycles. The monoisotopic (exact) mass is 195 g/mol. The summed E-state index contributed by atoms with van der Waals surface area (Å²) in [5.74, 6) is 0.542. The van der Waals surface area contributed by atoms with E-state index in [-0.39, 0.29) is 11.9 Å². The van der Waals surface area contributed by atoms with E-state index in [2.05, 4.69) is 5.32 Å². The first-order valence-electron chi connectivity index (χ1n) is 4.83. The van der Waals surface area contributed by atoms with Crippen molar-refractivity contribution in [1.82, 2.24) is 5.32 Å². The lowest BCUT2D eigenvalue weighted by Crippen LogP contribution is -2.25. The molecule has 76 valence electrons. The van der Waals surface area contributed by atoms with E-state index in [0.29, 0.717) is 12.2 Å². The number of nitrogens with one attached hydrogen (secondary N) is 1. The van der Waals surface area contributed by atoms with Crippen molar-refractivity contribution in [2.24, 2.45) is 0 Å². The highest BCUT2D eigenvalue weighted by atomic mass is 19.1. The maximum absolute atomic E-state index is 13.6. The zero-order chi connectivity index (χ0) is 10.1. The molecule has 0 saturated heterocycles. The lowest BCUT2D eigenvalue weighted by molar-refractivity contribution is 0.250. The molecule has 0 fully saturated rings. The molecule has 0 bridgehead atoms. The Morgan fingerprint density at radius 2 is 2.29 bits per heavy atom. The summed E-state index contributed by atoms with van der Waals surface area (Å²) in [7, 11) is 1.85. The van der Waals surface area contributed by atoms with Crippen molar-refractivity contribution in [3.63, 3.8) is 0 Å². The second-order valence-electron chi connectivity index (χ2n) is 3.59. The van der Waals surface area contributed by atoms with Crippen LogP contribution in [0.2, 0.25) is 0 Å². The molecular weight excluding hydrogens is 181 g/mol. The third-order valence-corrected chi connectivity index (χ3v) is 2.69. The molecule has 1 aromatic carbocycles. The van der Waals surface area contributed by atoms with Crippen LogP contribution in [0.25, 0.3) is 0 Å². The molecule has 1 heterocycles. The molecule has 0 saturated carbocycles. The Labute approximate surface area is 83.1 Å². The van der Waals surface area contributed by atoms with Crippen molar-refractivity contribution in [1.29, 1.82) is 0 Å². The first-order chi connectivity index (χ1) is 6.74. The molecule has 1 N–H and O–H groups in total. The van der Waals surface area contributed by atoms with Crippen molar-refractivity contribution in [2.45, 2.75) is 19.4 Å². The van der Waals surface area contributed by atoms with Gasteiger partial charge in [-0.05, 0) is 25.6 Å². The van der Waals surface area contributed by atoms with Crippen molar-refractivity contribution >= 4 is 0 Å². The van der Waals surface area contributed by atoms with Crippen LogP contribution in [0, 0.1) is 12.7 Å². The summed E-state index contributed by atoms with van der Waals surface area (Å²) in [4.78, 5) is 0. The minimum absolute atomic E-state index is 0.0821. The molecule has 0 aliphatic carbocycles. The Balaban J connectivity index is 2.55. The average molecular weight is 195 g/mol. The van der Waals surface area contributed by atoms with Gasteiger partial charge in [-0.1, -0.05) is 6.07 Å². The summed E-state index contributed by atoms with van der Waals surface area (Å²) in [6.45, 7) is 2.60. The van der Waals surface area contributed by atoms with Gasteiger partial charge >= 0.3 is 0 Å². The topological polar surface area (TPSA) is 21.3 Å². The van der Waals surface area contributed by atoms with E-state index in [4.69, 9.17) is 4.74 Å². The van der Waals surface area contributed by atoms with Crippen LogP contribution in [0.15, 0.2) is 12.1 Å². The number of hydrogen-bond acceptors (Lipinski definition) is 2. The lowest BCUT2D eigenvalue weighted by Gasteiger charge is -2.27. The molecular formula is C11H14FNO. The molecule has 1 aromatic rings. The Bertz CT molecular complexity index is 351. The molecule has 0 spiro atoms. The predicted molar refractivity (Wildman–Crippen MR) is 53.0 cm³/mol. The predicted octanol–water partition coefficient (Wildman–Crippen LogP) is 2.18. The third-order valence-electron chi connectivity index (χ3n) is 2.69. The van der Waals surface area contributed by atoms with Gasteiger partial charge in [-0.15, -0.1) is 0 Å². The van der Waals surface area contributed by atoms with Crippen molar-refractivity contribution < 1.29 is 9.13 Å². The van der Waals surface area contributed by atoms with Gasteiger partial charge < -0.3 is 10.1 Å². The summed E-state index contributed by atoms with van der Waals surface area (Å²) in [6.07, 6.45) is 0.823. The molecule has 1 unspecified atom stereocenters. The molecule has 1 atom stereocenters. The SMILES string of the molecule is CNC1CCOc2c(C)ccc(F)c21. The number of benzene rings is 1. The fraction of sp³-hybridized carbons (Fsp3) is 0.455. The van der Waals surface area contributed by atoms with Crippen LogP contribution < -0.4 is 10.1 Å². The quantitative estimate of drug-likeness (QED) is 0.741. The van der Waals surface area contributed by atoms with Crippen molar-refractivity contribution in [2.75, 3.05) is 13.7 Å². The second-order valence-corrected chi connectivity index (χ2v) is 3.59. The van der Waals surface area contributed by atoms with E-state index in [1.807, 2.05) is 14.0 Å². The standard InChI is InChI=1S/C11H14FNO/c1-7-3-4-8(12)10-9(13-2)5-6-14-11(7)10/h3-4,9,13H,5-6H2,1-2H3. The van der Waals surface area contributed by atoms with Crippen LogP contribution in [0.3, 0.4) is 0 Å². The molecule has 14 heavy (non-hydrogen) atoms. The van der Waals surface area contributed by atoms with E-state index >= 15 is 0 Å². The number of aryl methyl sites for hydroxylation is 1. The number of rotatable bonds is 1. The summed E-state index contributed by atoms with van der Waals surface area (Å²) >= 11 is 0. The first-order valence-corrected chi connectivity index (χ1v) is 4.83. The summed E-state index contributed by atoms with van der Waals surface area (Å²) < 4.78 is 19.1. The molecule has 1 aliphatic rings. The largest absolute Gasteiger partial charge is 0.493 e. The minimum Gasteiger partial charge on any atom is -0.493 e. The zero-order valence-electron chi connectivity index (χ0n) is 8.43. The number of ether oxygens (including phenoxy) is 1. The van der Waals surface area contributed by atoms with Crippen LogP contribution in [0.4, 0.5) is 4.39 Å².